The second kappa shape index (κ2) is 8.59. The fraction of sp³-hybridized carbons (Fsp3) is 0.321. The molecule has 0 saturated carbocycles. The third-order valence-corrected chi connectivity index (χ3v) is 10.2. The highest BCUT2D eigenvalue weighted by atomic mass is 32.2. The number of nitrogens with zero attached hydrogens (tertiary/aromatic N) is 2. The predicted molar refractivity (Wildman–Crippen MR) is 140 cm³/mol. The van der Waals surface area contributed by atoms with Crippen LogP contribution in [0.2, 0.25) is 0 Å². The molecule has 2 aromatic carbocycles. The van der Waals surface area contributed by atoms with Gasteiger partial charge in [0, 0.05) is 28.9 Å². The number of aryl methyl sites for hydroxylation is 3. The van der Waals surface area contributed by atoms with Gasteiger partial charge in [-0.1, -0.05) is 48.4 Å². The fourth-order valence-corrected chi connectivity index (χ4v) is 8.06. The topological polar surface area (TPSA) is 50.3 Å². The van der Waals surface area contributed by atoms with Gasteiger partial charge in [0.2, 0.25) is 10.0 Å². The molecule has 0 unspecified atom stereocenters. The maximum Gasteiger partial charge on any atom is 0.243 e. The third-order valence-electron chi connectivity index (χ3n) is 7.14. The molecule has 1 fully saturated rings. The molecule has 6 heteroatoms. The summed E-state index contributed by atoms with van der Waals surface area (Å²) in [5.41, 5.74) is 6.99. The molecule has 0 spiro atoms. The molecule has 1 aliphatic heterocycles. The maximum absolute atomic E-state index is 13.1. The first kappa shape index (κ1) is 22.0. The molecule has 2 aliphatic rings. The van der Waals surface area contributed by atoms with E-state index in [0.717, 1.165) is 48.2 Å². The molecule has 0 N–H and O–H groups in total. The van der Waals surface area contributed by atoms with E-state index < -0.39 is 10.0 Å². The zero-order valence-corrected chi connectivity index (χ0v) is 21.0. The predicted octanol–water partition coefficient (Wildman–Crippen LogP) is 6.60. The van der Waals surface area contributed by atoms with E-state index in [1.165, 1.54) is 38.9 Å². The fourth-order valence-electron chi connectivity index (χ4n) is 5.26. The van der Waals surface area contributed by atoms with E-state index in [9.17, 15) is 8.42 Å². The molecule has 0 radical (unpaired) electrons. The van der Waals surface area contributed by atoms with Gasteiger partial charge in [0.25, 0.3) is 0 Å². The summed E-state index contributed by atoms with van der Waals surface area (Å²) in [6, 6.07) is 18.2. The minimum atomic E-state index is -3.43. The van der Waals surface area contributed by atoms with Gasteiger partial charge >= 0.3 is 0 Å². The molecular formula is C28H28N2O2S2. The van der Waals surface area contributed by atoms with Gasteiger partial charge in [-0.25, -0.2) is 13.4 Å². The lowest BCUT2D eigenvalue weighted by atomic mass is 9.97. The van der Waals surface area contributed by atoms with E-state index in [2.05, 4.69) is 37.3 Å². The molecule has 4 aromatic rings. The number of pyridine rings is 1. The second-order valence-corrected chi connectivity index (χ2v) is 12.5. The Morgan fingerprint density at radius 1 is 0.853 bits per heavy atom. The molecule has 0 amide bonds. The number of aromatic nitrogens is 1. The number of hydrogen-bond donors (Lipinski definition) is 0. The molecule has 0 bridgehead atoms. The summed E-state index contributed by atoms with van der Waals surface area (Å²) in [6.07, 6.45) is 6.47. The van der Waals surface area contributed by atoms with Crippen molar-refractivity contribution >= 4 is 31.6 Å². The lowest BCUT2D eigenvalue weighted by Crippen LogP contribution is -2.35. The molecule has 34 heavy (non-hydrogen) atoms. The molecule has 2 aromatic heterocycles. The highest BCUT2D eigenvalue weighted by Gasteiger charge is 2.26. The molecule has 0 atom stereocenters. The van der Waals surface area contributed by atoms with Gasteiger partial charge < -0.3 is 0 Å². The normalized spacial score (nSPS) is 16.7. The van der Waals surface area contributed by atoms with Crippen molar-refractivity contribution in [3.05, 3.63) is 70.6 Å². The Morgan fingerprint density at radius 2 is 1.56 bits per heavy atom. The van der Waals surface area contributed by atoms with Crippen LogP contribution in [0.1, 0.15) is 41.7 Å². The highest BCUT2D eigenvalue weighted by molar-refractivity contribution is 7.89. The standard InChI is InChI=1S/C28H28N2O2S2/c1-19-8-10-20(11-9-19)24-18-25(29-28-27(24)23-6-5-7-26(23)33-28)21-12-14-22(15-13-21)34(31,32)30-16-3-2-4-17-30/h8-15,18H,2-7,16-17H2,1H3. The van der Waals surface area contributed by atoms with E-state index in [1.807, 2.05) is 23.5 Å². The van der Waals surface area contributed by atoms with Gasteiger partial charge in [0.1, 0.15) is 4.83 Å². The average molecular weight is 489 g/mol. The monoisotopic (exact) mass is 488 g/mol. The van der Waals surface area contributed by atoms with E-state index in [0.29, 0.717) is 18.0 Å². The zero-order valence-electron chi connectivity index (χ0n) is 19.4. The van der Waals surface area contributed by atoms with Crippen LogP contribution < -0.4 is 0 Å². The Labute approximate surface area is 205 Å². The number of fused-ring (bicyclic) bond motifs is 3. The first-order valence-corrected chi connectivity index (χ1v) is 14.4. The lowest BCUT2D eigenvalue weighted by molar-refractivity contribution is 0.346. The lowest BCUT2D eigenvalue weighted by Gasteiger charge is -2.25. The second-order valence-electron chi connectivity index (χ2n) is 9.45. The molecule has 6 rings (SSSR count). The number of piperidine rings is 1. The van der Waals surface area contributed by atoms with Gasteiger partial charge in [0.05, 0.1) is 10.6 Å². The largest absolute Gasteiger partial charge is 0.243 e. The SMILES string of the molecule is Cc1ccc(-c2cc(-c3ccc(S(=O)(=O)N4CCCCC4)cc3)nc3sc4c(c23)CCC4)cc1. The first-order chi connectivity index (χ1) is 16.5. The van der Waals surface area contributed by atoms with Crippen molar-refractivity contribution in [1.29, 1.82) is 0 Å². The third kappa shape index (κ3) is 3.78. The number of rotatable bonds is 4. The average Bonchev–Trinajstić information content (AvgIpc) is 3.46. The Hall–Kier alpha value is -2.54. The quantitative estimate of drug-likeness (QED) is 0.325. The van der Waals surface area contributed by atoms with Crippen LogP contribution in [-0.2, 0) is 22.9 Å². The van der Waals surface area contributed by atoms with E-state index in [1.54, 1.807) is 16.4 Å². The van der Waals surface area contributed by atoms with E-state index in [4.69, 9.17) is 4.98 Å². The van der Waals surface area contributed by atoms with Crippen molar-refractivity contribution in [2.24, 2.45) is 0 Å². The number of benzene rings is 2. The Kier molecular flexibility index (Phi) is 5.55. The highest BCUT2D eigenvalue weighted by Crippen LogP contribution is 2.43. The molecule has 4 nitrogen and oxygen atoms in total. The van der Waals surface area contributed by atoms with Crippen LogP contribution in [0.15, 0.2) is 59.5 Å². The van der Waals surface area contributed by atoms with Crippen LogP contribution in [0.3, 0.4) is 0 Å². The molecular weight excluding hydrogens is 460 g/mol. The molecule has 1 saturated heterocycles. The van der Waals surface area contributed by atoms with E-state index in [-0.39, 0.29) is 0 Å². The summed E-state index contributed by atoms with van der Waals surface area (Å²) in [5, 5.41) is 1.30. The van der Waals surface area contributed by atoms with Crippen molar-refractivity contribution in [1.82, 2.24) is 9.29 Å². The van der Waals surface area contributed by atoms with Crippen molar-refractivity contribution in [2.45, 2.75) is 50.3 Å². The van der Waals surface area contributed by atoms with Crippen LogP contribution in [0.25, 0.3) is 32.6 Å². The summed E-state index contributed by atoms with van der Waals surface area (Å²) in [4.78, 5) is 7.98. The van der Waals surface area contributed by atoms with Gasteiger partial charge in [-0.15, -0.1) is 11.3 Å². The minimum Gasteiger partial charge on any atom is -0.237 e. The summed E-state index contributed by atoms with van der Waals surface area (Å²) in [6.45, 7) is 3.34. The van der Waals surface area contributed by atoms with Crippen molar-refractivity contribution in [3.63, 3.8) is 0 Å². The van der Waals surface area contributed by atoms with Crippen LogP contribution in [0.5, 0.6) is 0 Å². The number of thiophene rings is 1. The molecule has 3 heterocycles. The Bertz CT molecular complexity index is 1460. The van der Waals surface area contributed by atoms with Crippen LogP contribution in [-0.4, -0.2) is 30.8 Å². The Balaban J connectivity index is 1.43. The number of hydrogen-bond acceptors (Lipinski definition) is 4. The molecule has 1 aliphatic carbocycles. The number of sulfonamides is 1. The van der Waals surface area contributed by atoms with Crippen LogP contribution in [0.4, 0.5) is 0 Å². The zero-order chi connectivity index (χ0) is 23.3. The minimum absolute atomic E-state index is 0.369. The van der Waals surface area contributed by atoms with Crippen molar-refractivity contribution in [2.75, 3.05) is 13.1 Å². The van der Waals surface area contributed by atoms with Gasteiger partial charge in [-0.05, 0) is 73.9 Å². The van der Waals surface area contributed by atoms with Gasteiger partial charge in [0.15, 0.2) is 0 Å². The maximum atomic E-state index is 13.1. The van der Waals surface area contributed by atoms with Gasteiger partial charge in [-0.2, -0.15) is 4.31 Å². The summed E-state index contributed by atoms with van der Waals surface area (Å²) in [5.74, 6) is 0. The molecule has 174 valence electrons. The van der Waals surface area contributed by atoms with Crippen molar-refractivity contribution in [3.8, 4) is 22.4 Å². The smallest absolute Gasteiger partial charge is 0.237 e. The van der Waals surface area contributed by atoms with Gasteiger partial charge in [-0.3, -0.25) is 0 Å². The first-order valence-electron chi connectivity index (χ1n) is 12.1. The summed E-state index contributed by atoms with van der Waals surface area (Å²) in [7, 11) is -3.43. The van der Waals surface area contributed by atoms with E-state index >= 15 is 0 Å². The van der Waals surface area contributed by atoms with Crippen molar-refractivity contribution < 1.29 is 8.42 Å². The van der Waals surface area contributed by atoms with Crippen LogP contribution >= 0.6 is 11.3 Å². The Morgan fingerprint density at radius 3 is 2.29 bits per heavy atom. The van der Waals surface area contributed by atoms with Crippen LogP contribution in [0, 0.1) is 6.92 Å². The summed E-state index contributed by atoms with van der Waals surface area (Å²) < 4.78 is 27.8. The summed E-state index contributed by atoms with van der Waals surface area (Å²) >= 11 is 1.82.